The van der Waals surface area contributed by atoms with E-state index in [1.54, 1.807) is 18.0 Å². The molecule has 1 unspecified atom stereocenters. The Kier molecular flexibility index (Phi) is 4.30. The molecule has 114 valence electrons. The average molecular weight is 289 g/mol. The molecule has 0 radical (unpaired) electrons. The first-order chi connectivity index (χ1) is 9.96. The van der Waals surface area contributed by atoms with E-state index in [1.165, 1.54) is 0 Å². The highest BCUT2D eigenvalue weighted by molar-refractivity contribution is 5.99. The summed E-state index contributed by atoms with van der Waals surface area (Å²) in [7, 11) is 0. The van der Waals surface area contributed by atoms with Gasteiger partial charge < -0.3 is 10.2 Å². The summed E-state index contributed by atoms with van der Waals surface area (Å²) in [5.74, 6) is -0.100. The molecule has 21 heavy (non-hydrogen) atoms. The predicted octanol–water partition coefficient (Wildman–Crippen LogP) is 1.80. The number of carbonyl (C=O) groups excluding carboxylic acids is 2. The van der Waals surface area contributed by atoms with Crippen LogP contribution in [0.4, 0.5) is 0 Å². The third-order valence-electron chi connectivity index (χ3n) is 4.52. The zero-order chi connectivity index (χ0) is 15.6. The minimum atomic E-state index is -0.770. The maximum Gasteiger partial charge on any atom is 0.246 e. The average Bonchev–Trinajstić information content (AvgIpc) is 2.47. The van der Waals surface area contributed by atoms with Crippen LogP contribution in [0.5, 0.6) is 0 Å². The second-order valence-corrected chi connectivity index (χ2v) is 5.63. The second-order valence-electron chi connectivity index (χ2n) is 5.63. The first-order valence-corrected chi connectivity index (χ1v) is 7.49. The van der Waals surface area contributed by atoms with Gasteiger partial charge in [-0.15, -0.1) is 0 Å². The minimum Gasteiger partial charge on any atom is -0.343 e. The Labute approximate surface area is 125 Å². The molecule has 0 bridgehead atoms. The fourth-order valence-corrected chi connectivity index (χ4v) is 2.98. The van der Waals surface area contributed by atoms with Crippen molar-refractivity contribution in [2.24, 2.45) is 0 Å². The molecular formula is C16H23N3O2. The summed E-state index contributed by atoms with van der Waals surface area (Å²) in [6.07, 6.45) is 2.92. The Bertz CT molecular complexity index is 552. The Hall–Kier alpha value is -1.91. The van der Waals surface area contributed by atoms with E-state index < -0.39 is 11.6 Å². The summed E-state index contributed by atoms with van der Waals surface area (Å²) in [4.78, 5) is 31.2. The van der Waals surface area contributed by atoms with Crippen LogP contribution in [0.2, 0.25) is 0 Å². The largest absolute Gasteiger partial charge is 0.343 e. The van der Waals surface area contributed by atoms with Crippen LogP contribution in [-0.2, 0) is 16.1 Å². The van der Waals surface area contributed by atoms with E-state index in [0.717, 1.165) is 11.3 Å². The second kappa shape index (κ2) is 5.84. The van der Waals surface area contributed by atoms with Crippen LogP contribution in [0.25, 0.3) is 0 Å². The van der Waals surface area contributed by atoms with Crippen molar-refractivity contribution in [3.8, 4) is 0 Å². The number of aromatic nitrogens is 1. The lowest BCUT2D eigenvalue weighted by Gasteiger charge is -2.47. The Balaban J connectivity index is 2.42. The zero-order valence-electron chi connectivity index (χ0n) is 13.1. The van der Waals surface area contributed by atoms with Gasteiger partial charge in [-0.05, 0) is 38.3 Å². The molecule has 1 fully saturated rings. The van der Waals surface area contributed by atoms with Crippen molar-refractivity contribution in [2.75, 3.05) is 0 Å². The summed E-state index contributed by atoms with van der Waals surface area (Å²) in [5.41, 5.74) is 1.11. The van der Waals surface area contributed by atoms with E-state index in [0.29, 0.717) is 19.4 Å². The fraction of sp³-hybridized carbons (Fsp3) is 0.562. The lowest BCUT2D eigenvalue weighted by Crippen LogP contribution is -2.69. The molecule has 0 aromatic carbocycles. The number of hydrogen-bond acceptors (Lipinski definition) is 3. The molecule has 1 aromatic rings. The lowest BCUT2D eigenvalue weighted by atomic mass is 9.85. The van der Waals surface area contributed by atoms with E-state index in [2.05, 4.69) is 10.3 Å². The van der Waals surface area contributed by atoms with Crippen LogP contribution >= 0.6 is 0 Å². The van der Waals surface area contributed by atoms with Gasteiger partial charge in [-0.2, -0.15) is 0 Å². The van der Waals surface area contributed by atoms with Crippen molar-refractivity contribution in [1.82, 2.24) is 15.2 Å². The molecule has 1 atom stereocenters. The molecule has 1 aromatic heterocycles. The van der Waals surface area contributed by atoms with Gasteiger partial charge >= 0.3 is 0 Å². The Morgan fingerprint density at radius 3 is 2.57 bits per heavy atom. The number of pyridine rings is 1. The maximum absolute atomic E-state index is 12.6. The number of carbonyl (C=O) groups is 2. The highest BCUT2D eigenvalue weighted by atomic mass is 16.2. The van der Waals surface area contributed by atoms with Gasteiger partial charge in [0.2, 0.25) is 11.8 Å². The van der Waals surface area contributed by atoms with Gasteiger partial charge in [0.05, 0.1) is 12.2 Å². The molecule has 2 rings (SSSR count). The summed E-state index contributed by atoms with van der Waals surface area (Å²) >= 11 is 0. The van der Waals surface area contributed by atoms with Gasteiger partial charge in [-0.25, -0.2) is 0 Å². The number of nitrogens with one attached hydrogen (secondary N) is 1. The van der Waals surface area contributed by atoms with Gasteiger partial charge in [0.1, 0.15) is 11.6 Å². The third-order valence-corrected chi connectivity index (χ3v) is 4.52. The quantitative estimate of drug-likeness (QED) is 0.919. The standard InChI is InChI=1S/C16H23N3O2/c1-5-16(6-2)15(21)18-12(4)14(20)19(16)10-13-11(3)8-7-9-17-13/h7-9,12H,5-6,10H2,1-4H3,(H,18,21). The number of amides is 2. The number of hydrogen-bond donors (Lipinski definition) is 1. The van der Waals surface area contributed by atoms with Crippen molar-refractivity contribution < 1.29 is 9.59 Å². The molecule has 0 saturated carbocycles. The van der Waals surface area contributed by atoms with Crippen molar-refractivity contribution >= 4 is 11.8 Å². The molecule has 1 N–H and O–H groups in total. The van der Waals surface area contributed by atoms with Crippen LogP contribution in [-0.4, -0.2) is 33.3 Å². The molecule has 2 heterocycles. The van der Waals surface area contributed by atoms with Crippen LogP contribution in [0.3, 0.4) is 0 Å². The maximum atomic E-state index is 12.6. The van der Waals surface area contributed by atoms with E-state index in [9.17, 15) is 9.59 Å². The van der Waals surface area contributed by atoms with Crippen molar-refractivity contribution in [3.05, 3.63) is 29.6 Å². The van der Waals surface area contributed by atoms with Crippen LogP contribution in [0.15, 0.2) is 18.3 Å². The summed E-state index contributed by atoms with van der Waals surface area (Å²) in [6, 6.07) is 3.37. The molecule has 0 spiro atoms. The SMILES string of the molecule is CCC1(CC)C(=O)NC(C)C(=O)N1Cc1ncccc1C. The van der Waals surface area contributed by atoms with Crippen LogP contribution in [0.1, 0.15) is 44.9 Å². The predicted molar refractivity (Wildman–Crippen MR) is 80.4 cm³/mol. The number of aryl methyl sites for hydroxylation is 1. The molecule has 0 aliphatic carbocycles. The zero-order valence-corrected chi connectivity index (χ0v) is 13.1. The topological polar surface area (TPSA) is 62.3 Å². The lowest BCUT2D eigenvalue weighted by molar-refractivity contribution is -0.158. The molecule has 5 nitrogen and oxygen atoms in total. The van der Waals surface area contributed by atoms with Crippen molar-refractivity contribution in [2.45, 2.75) is 58.7 Å². The van der Waals surface area contributed by atoms with Crippen LogP contribution < -0.4 is 5.32 Å². The molecular weight excluding hydrogens is 266 g/mol. The van der Waals surface area contributed by atoms with Gasteiger partial charge in [0.15, 0.2) is 0 Å². The highest BCUT2D eigenvalue weighted by Gasteiger charge is 2.49. The Morgan fingerprint density at radius 2 is 2.00 bits per heavy atom. The molecule has 5 heteroatoms. The molecule has 1 saturated heterocycles. The fourth-order valence-electron chi connectivity index (χ4n) is 2.98. The van der Waals surface area contributed by atoms with E-state index in [-0.39, 0.29) is 11.8 Å². The first kappa shape index (κ1) is 15.5. The smallest absolute Gasteiger partial charge is 0.246 e. The number of piperazine rings is 1. The van der Waals surface area contributed by atoms with Gasteiger partial charge in [-0.1, -0.05) is 19.9 Å². The minimum absolute atomic E-state index is 0.0386. The molecule has 1 aliphatic heterocycles. The van der Waals surface area contributed by atoms with E-state index >= 15 is 0 Å². The summed E-state index contributed by atoms with van der Waals surface area (Å²) in [6.45, 7) is 7.98. The first-order valence-electron chi connectivity index (χ1n) is 7.49. The summed E-state index contributed by atoms with van der Waals surface area (Å²) in [5, 5.41) is 2.80. The van der Waals surface area contributed by atoms with Gasteiger partial charge in [0.25, 0.3) is 0 Å². The van der Waals surface area contributed by atoms with Crippen molar-refractivity contribution in [3.63, 3.8) is 0 Å². The Morgan fingerprint density at radius 1 is 1.33 bits per heavy atom. The van der Waals surface area contributed by atoms with Gasteiger partial charge in [0, 0.05) is 6.20 Å². The normalized spacial score (nSPS) is 21.3. The monoisotopic (exact) mass is 289 g/mol. The molecule has 1 aliphatic rings. The van der Waals surface area contributed by atoms with Crippen LogP contribution in [0, 0.1) is 6.92 Å². The number of nitrogens with zero attached hydrogens (tertiary/aromatic N) is 2. The third kappa shape index (κ3) is 2.52. The summed E-state index contributed by atoms with van der Waals surface area (Å²) < 4.78 is 0. The van der Waals surface area contributed by atoms with E-state index in [1.807, 2.05) is 32.9 Å². The van der Waals surface area contributed by atoms with Crippen molar-refractivity contribution in [1.29, 1.82) is 0 Å². The molecule has 2 amide bonds. The number of rotatable bonds is 4. The highest BCUT2D eigenvalue weighted by Crippen LogP contribution is 2.30. The van der Waals surface area contributed by atoms with E-state index in [4.69, 9.17) is 0 Å². The van der Waals surface area contributed by atoms with Gasteiger partial charge in [-0.3, -0.25) is 14.6 Å².